The molecule has 1 N–H and O–H groups in total. The Hall–Kier alpha value is -4.59. The molecule has 224 valence electrons. The van der Waals surface area contributed by atoms with Crippen molar-refractivity contribution in [2.75, 3.05) is 26.2 Å². The first kappa shape index (κ1) is 29.5. The summed E-state index contributed by atoms with van der Waals surface area (Å²) in [7, 11) is 0. The van der Waals surface area contributed by atoms with Gasteiger partial charge in [-0.3, -0.25) is 28.9 Å². The second-order valence-corrected chi connectivity index (χ2v) is 11.5. The third kappa shape index (κ3) is 6.20. The van der Waals surface area contributed by atoms with Gasteiger partial charge in [0.2, 0.25) is 0 Å². The maximum atomic E-state index is 14.4. The molecular formula is C37H39N5O2. The second-order valence-electron chi connectivity index (χ2n) is 11.5. The summed E-state index contributed by atoms with van der Waals surface area (Å²) in [4.78, 5) is 37.7. The number of carbonyl (C=O) groups is 1. The summed E-state index contributed by atoms with van der Waals surface area (Å²) < 4.78 is 1.79. The van der Waals surface area contributed by atoms with E-state index < -0.39 is 0 Å². The number of aromatic nitrogens is 2. The minimum absolute atomic E-state index is 0.104. The number of nitrogens with one attached hydrogen (secondary N) is 1. The van der Waals surface area contributed by atoms with Gasteiger partial charge in [-0.15, -0.1) is 0 Å². The zero-order chi connectivity index (χ0) is 30.5. The number of piperazine rings is 1. The van der Waals surface area contributed by atoms with Crippen molar-refractivity contribution >= 4 is 16.7 Å². The lowest BCUT2D eigenvalue weighted by Gasteiger charge is -2.35. The van der Waals surface area contributed by atoms with Crippen LogP contribution >= 0.6 is 0 Å². The van der Waals surface area contributed by atoms with E-state index in [0.29, 0.717) is 22.9 Å². The van der Waals surface area contributed by atoms with Gasteiger partial charge in [0, 0.05) is 62.4 Å². The van der Waals surface area contributed by atoms with Gasteiger partial charge in [-0.1, -0.05) is 73.7 Å². The molecule has 1 fully saturated rings. The Morgan fingerprint density at radius 1 is 0.795 bits per heavy atom. The van der Waals surface area contributed by atoms with Gasteiger partial charge >= 0.3 is 0 Å². The number of pyridine rings is 2. The summed E-state index contributed by atoms with van der Waals surface area (Å²) in [5.74, 6) is -0.162. The Balaban J connectivity index is 1.41. The smallest absolute Gasteiger partial charge is 0.263 e. The summed E-state index contributed by atoms with van der Waals surface area (Å²) in [6.45, 7) is 8.94. The average Bonchev–Trinajstić information content (AvgIpc) is 3.06. The number of hydrogen-bond donors (Lipinski definition) is 1. The molecule has 7 nitrogen and oxygen atoms in total. The lowest BCUT2D eigenvalue weighted by atomic mass is 9.99. The molecule has 1 atom stereocenters. The highest BCUT2D eigenvalue weighted by Gasteiger charge is 2.27. The lowest BCUT2D eigenvalue weighted by molar-refractivity contribution is 0.0930. The Morgan fingerprint density at radius 3 is 2.09 bits per heavy atom. The van der Waals surface area contributed by atoms with E-state index in [4.69, 9.17) is 0 Å². The number of para-hydroxylation sites is 1. The molecule has 0 unspecified atom stereocenters. The molecule has 3 aromatic carbocycles. The SMILES string of the molecule is CC[C@H](NC(=O)c1c(CN2CCN(Cc3ccncc3)CC2)n(-c2ccccc2C)c(=O)c2ccccc12)c1ccccc1. The normalized spacial score (nSPS) is 14.9. The fourth-order valence-corrected chi connectivity index (χ4v) is 6.27. The quantitative estimate of drug-likeness (QED) is 0.234. The molecule has 1 saturated heterocycles. The number of fused-ring (bicyclic) bond motifs is 1. The molecule has 0 spiro atoms. The van der Waals surface area contributed by atoms with Crippen molar-refractivity contribution in [3.63, 3.8) is 0 Å². The summed E-state index contributed by atoms with van der Waals surface area (Å²) in [6.07, 6.45) is 4.42. The van der Waals surface area contributed by atoms with E-state index in [1.165, 1.54) is 5.56 Å². The molecule has 0 aliphatic carbocycles. The summed E-state index contributed by atoms with van der Waals surface area (Å²) in [6, 6.07) is 29.5. The Bertz CT molecular complexity index is 1790. The summed E-state index contributed by atoms with van der Waals surface area (Å²) in [5, 5.41) is 4.56. The highest BCUT2D eigenvalue weighted by atomic mass is 16.2. The predicted octanol–water partition coefficient (Wildman–Crippen LogP) is 5.89. The minimum Gasteiger partial charge on any atom is -0.345 e. The summed E-state index contributed by atoms with van der Waals surface area (Å²) >= 11 is 0. The van der Waals surface area contributed by atoms with Crippen LogP contribution in [0.15, 0.2) is 108 Å². The maximum absolute atomic E-state index is 14.4. The molecule has 7 heteroatoms. The molecule has 1 amide bonds. The molecule has 0 saturated carbocycles. The van der Waals surface area contributed by atoms with Crippen LogP contribution in [0.25, 0.3) is 16.5 Å². The van der Waals surface area contributed by atoms with Gasteiger partial charge in [-0.05, 0) is 54.3 Å². The number of rotatable bonds is 9. The van der Waals surface area contributed by atoms with Crippen LogP contribution in [-0.4, -0.2) is 51.4 Å². The first-order valence-corrected chi connectivity index (χ1v) is 15.5. The van der Waals surface area contributed by atoms with Crippen molar-refractivity contribution in [1.82, 2.24) is 24.7 Å². The Labute approximate surface area is 258 Å². The first-order valence-electron chi connectivity index (χ1n) is 15.5. The van der Waals surface area contributed by atoms with E-state index in [2.05, 4.69) is 39.2 Å². The molecule has 3 heterocycles. The standard InChI is InChI=1S/C37H39N5O2/c1-3-32(29-12-5-4-6-13-29)39-36(43)35-30-14-8-9-15-31(30)37(44)42(33-16-10-7-11-27(33)2)34(35)26-41-23-21-40(22-24-41)25-28-17-19-38-20-18-28/h4-20,32H,3,21-26H2,1-2H3,(H,39,43)/t32-/m0/s1. The third-order valence-electron chi connectivity index (χ3n) is 8.68. The highest BCUT2D eigenvalue weighted by Crippen LogP contribution is 2.27. The van der Waals surface area contributed by atoms with Crippen molar-refractivity contribution in [1.29, 1.82) is 0 Å². The number of hydrogen-bond acceptors (Lipinski definition) is 5. The summed E-state index contributed by atoms with van der Waals surface area (Å²) in [5.41, 5.74) is 5.29. The number of nitrogens with zero attached hydrogens (tertiary/aromatic N) is 4. The lowest BCUT2D eigenvalue weighted by Crippen LogP contribution is -2.46. The fraction of sp³-hybridized carbons (Fsp3) is 0.270. The molecule has 0 radical (unpaired) electrons. The molecular weight excluding hydrogens is 546 g/mol. The fourth-order valence-electron chi connectivity index (χ4n) is 6.27. The van der Waals surface area contributed by atoms with Crippen molar-refractivity contribution in [2.45, 2.75) is 39.4 Å². The number of carbonyl (C=O) groups excluding carboxylic acids is 1. The van der Waals surface area contributed by atoms with E-state index in [0.717, 1.165) is 61.7 Å². The average molecular weight is 586 g/mol. The number of amides is 1. The van der Waals surface area contributed by atoms with Crippen LogP contribution in [-0.2, 0) is 13.1 Å². The number of aryl methyl sites for hydroxylation is 1. The molecule has 2 aromatic heterocycles. The largest absolute Gasteiger partial charge is 0.345 e. The van der Waals surface area contributed by atoms with Gasteiger partial charge in [0.05, 0.1) is 23.0 Å². The van der Waals surface area contributed by atoms with Crippen LogP contribution in [0.2, 0.25) is 0 Å². The first-order chi connectivity index (χ1) is 21.5. The Morgan fingerprint density at radius 2 is 1.41 bits per heavy atom. The minimum atomic E-state index is -0.162. The monoisotopic (exact) mass is 585 g/mol. The molecule has 6 rings (SSSR count). The van der Waals surface area contributed by atoms with Crippen LogP contribution in [0.4, 0.5) is 0 Å². The zero-order valence-corrected chi connectivity index (χ0v) is 25.4. The predicted molar refractivity (Wildman–Crippen MR) is 176 cm³/mol. The van der Waals surface area contributed by atoms with Gasteiger partial charge < -0.3 is 5.32 Å². The van der Waals surface area contributed by atoms with Gasteiger partial charge in [-0.2, -0.15) is 0 Å². The number of benzene rings is 3. The van der Waals surface area contributed by atoms with E-state index in [1.54, 1.807) is 4.57 Å². The van der Waals surface area contributed by atoms with Crippen LogP contribution in [0.3, 0.4) is 0 Å². The van der Waals surface area contributed by atoms with Gasteiger partial charge in [-0.25, -0.2) is 0 Å². The van der Waals surface area contributed by atoms with Crippen molar-refractivity contribution in [2.24, 2.45) is 0 Å². The van der Waals surface area contributed by atoms with Gasteiger partial charge in [0.1, 0.15) is 0 Å². The molecule has 1 aliphatic rings. The van der Waals surface area contributed by atoms with E-state index in [1.807, 2.05) is 98.2 Å². The van der Waals surface area contributed by atoms with Crippen molar-refractivity contribution < 1.29 is 4.79 Å². The van der Waals surface area contributed by atoms with E-state index in [9.17, 15) is 9.59 Å². The zero-order valence-electron chi connectivity index (χ0n) is 25.4. The van der Waals surface area contributed by atoms with Crippen LogP contribution < -0.4 is 10.9 Å². The van der Waals surface area contributed by atoms with Crippen LogP contribution in [0.5, 0.6) is 0 Å². The Kier molecular flexibility index (Phi) is 8.96. The van der Waals surface area contributed by atoms with Crippen molar-refractivity contribution in [3.8, 4) is 5.69 Å². The van der Waals surface area contributed by atoms with E-state index >= 15 is 0 Å². The van der Waals surface area contributed by atoms with Crippen LogP contribution in [0.1, 0.15) is 52.1 Å². The second kappa shape index (κ2) is 13.4. The van der Waals surface area contributed by atoms with Gasteiger partial charge in [0.15, 0.2) is 0 Å². The molecule has 0 bridgehead atoms. The van der Waals surface area contributed by atoms with Gasteiger partial charge in [0.25, 0.3) is 11.5 Å². The van der Waals surface area contributed by atoms with E-state index in [-0.39, 0.29) is 17.5 Å². The maximum Gasteiger partial charge on any atom is 0.263 e. The highest BCUT2D eigenvalue weighted by molar-refractivity contribution is 6.08. The topological polar surface area (TPSA) is 70.5 Å². The van der Waals surface area contributed by atoms with Crippen molar-refractivity contribution in [3.05, 3.63) is 142 Å². The molecule has 5 aromatic rings. The van der Waals surface area contributed by atoms with Crippen LogP contribution in [0, 0.1) is 6.92 Å². The molecule has 44 heavy (non-hydrogen) atoms. The molecule has 1 aliphatic heterocycles. The third-order valence-corrected chi connectivity index (χ3v) is 8.68.